The normalized spacial score (nSPS) is 29.5. The van der Waals surface area contributed by atoms with Gasteiger partial charge in [-0.1, -0.05) is 25.1 Å². The molecule has 2 aromatic rings. The monoisotopic (exact) mass is 282 g/mol. The highest BCUT2D eigenvalue weighted by molar-refractivity contribution is 5.84. The Morgan fingerprint density at radius 3 is 2.95 bits per heavy atom. The number of nitrogens with one attached hydrogen (secondary N) is 1. The number of piperidine rings is 1. The Balaban J connectivity index is 1.75. The zero-order valence-corrected chi connectivity index (χ0v) is 13.1. The van der Waals surface area contributed by atoms with Crippen LogP contribution in [0.5, 0.6) is 0 Å². The van der Waals surface area contributed by atoms with Crippen molar-refractivity contribution in [2.24, 2.45) is 5.41 Å². The second-order valence-electron chi connectivity index (χ2n) is 7.11. The van der Waals surface area contributed by atoms with Crippen LogP contribution in [0.1, 0.15) is 43.9 Å². The van der Waals surface area contributed by atoms with Crippen molar-refractivity contribution in [1.29, 1.82) is 0 Å². The maximum absolute atomic E-state index is 3.71. The molecule has 1 saturated heterocycles. The SMILES string of the molecule is CC[C@@]12CCCN(CCc3c([nH]c4ccccc34)CC1)C2. The first kappa shape index (κ1) is 13.4. The molecule has 1 aromatic heterocycles. The van der Waals surface area contributed by atoms with E-state index in [1.807, 2.05) is 0 Å². The molecule has 1 N–H and O–H groups in total. The van der Waals surface area contributed by atoms with Crippen molar-refractivity contribution in [2.75, 3.05) is 19.6 Å². The minimum atomic E-state index is 0.567. The number of rotatable bonds is 1. The number of fused-ring (bicyclic) bond motifs is 5. The Bertz CT molecular complexity index is 642. The van der Waals surface area contributed by atoms with E-state index in [4.69, 9.17) is 0 Å². The number of aromatic amines is 1. The molecule has 21 heavy (non-hydrogen) atoms. The molecule has 4 rings (SSSR count). The van der Waals surface area contributed by atoms with Crippen molar-refractivity contribution in [1.82, 2.24) is 9.88 Å². The summed E-state index contributed by atoms with van der Waals surface area (Å²) in [6, 6.07) is 8.84. The highest BCUT2D eigenvalue weighted by atomic mass is 15.1. The zero-order valence-electron chi connectivity index (χ0n) is 13.1. The van der Waals surface area contributed by atoms with Gasteiger partial charge in [0.2, 0.25) is 0 Å². The van der Waals surface area contributed by atoms with Crippen molar-refractivity contribution in [3.05, 3.63) is 35.5 Å². The summed E-state index contributed by atoms with van der Waals surface area (Å²) in [6.07, 6.45) is 7.93. The van der Waals surface area contributed by atoms with Crippen LogP contribution >= 0.6 is 0 Å². The predicted octanol–water partition coefficient (Wildman–Crippen LogP) is 4.15. The molecule has 2 bridgehead atoms. The van der Waals surface area contributed by atoms with E-state index in [0.717, 1.165) is 0 Å². The van der Waals surface area contributed by atoms with E-state index in [0.29, 0.717) is 5.41 Å². The molecule has 1 fully saturated rings. The number of hydrogen-bond donors (Lipinski definition) is 1. The lowest BCUT2D eigenvalue weighted by molar-refractivity contribution is 0.0789. The van der Waals surface area contributed by atoms with Crippen LogP contribution in [-0.4, -0.2) is 29.5 Å². The van der Waals surface area contributed by atoms with Gasteiger partial charge in [0.15, 0.2) is 0 Å². The van der Waals surface area contributed by atoms with Gasteiger partial charge in [-0.15, -0.1) is 0 Å². The smallest absolute Gasteiger partial charge is 0.0458 e. The molecule has 0 radical (unpaired) electrons. The van der Waals surface area contributed by atoms with E-state index in [-0.39, 0.29) is 0 Å². The van der Waals surface area contributed by atoms with Crippen molar-refractivity contribution in [2.45, 2.75) is 45.4 Å². The molecule has 2 heteroatoms. The molecule has 112 valence electrons. The molecule has 1 aromatic carbocycles. The van der Waals surface area contributed by atoms with Gasteiger partial charge < -0.3 is 9.88 Å². The molecule has 0 saturated carbocycles. The van der Waals surface area contributed by atoms with E-state index in [1.165, 1.54) is 74.8 Å². The van der Waals surface area contributed by atoms with Gasteiger partial charge in [0.25, 0.3) is 0 Å². The lowest BCUT2D eigenvalue weighted by atomic mass is 9.74. The van der Waals surface area contributed by atoms with E-state index in [2.05, 4.69) is 41.1 Å². The fourth-order valence-corrected chi connectivity index (χ4v) is 4.59. The summed E-state index contributed by atoms with van der Waals surface area (Å²) in [5.41, 5.74) is 4.99. The van der Waals surface area contributed by atoms with E-state index >= 15 is 0 Å². The highest BCUT2D eigenvalue weighted by Crippen LogP contribution is 2.39. The Hall–Kier alpha value is -1.28. The van der Waals surface area contributed by atoms with Gasteiger partial charge in [-0.05, 0) is 62.1 Å². The second-order valence-corrected chi connectivity index (χ2v) is 7.11. The third-order valence-electron chi connectivity index (χ3n) is 5.98. The lowest BCUT2D eigenvalue weighted by Crippen LogP contribution is -2.43. The summed E-state index contributed by atoms with van der Waals surface area (Å²) >= 11 is 0. The van der Waals surface area contributed by atoms with Gasteiger partial charge in [-0.25, -0.2) is 0 Å². The quantitative estimate of drug-likeness (QED) is 0.832. The molecule has 0 amide bonds. The first-order chi connectivity index (χ1) is 10.3. The van der Waals surface area contributed by atoms with Crippen molar-refractivity contribution in [3.63, 3.8) is 0 Å². The molecule has 2 atom stereocenters. The van der Waals surface area contributed by atoms with Crippen LogP contribution < -0.4 is 0 Å². The Kier molecular flexibility index (Phi) is 3.30. The van der Waals surface area contributed by atoms with Crippen molar-refractivity contribution >= 4 is 10.9 Å². The molecule has 2 aliphatic rings. The fourth-order valence-electron chi connectivity index (χ4n) is 4.59. The van der Waals surface area contributed by atoms with E-state index < -0.39 is 0 Å². The topological polar surface area (TPSA) is 19.0 Å². The number of benzene rings is 1. The number of aryl methyl sites for hydroxylation is 1. The van der Waals surface area contributed by atoms with Gasteiger partial charge in [-0.3, -0.25) is 0 Å². The second kappa shape index (κ2) is 5.17. The Morgan fingerprint density at radius 1 is 1.14 bits per heavy atom. The summed E-state index contributed by atoms with van der Waals surface area (Å²) in [5, 5.41) is 1.45. The van der Waals surface area contributed by atoms with Gasteiger partial charge in [-0.2, -0.15) is 0 Å². The minimum absolute atomic E-state index is 0.567. The van der Waals surface area contributed by atoms with Gasteiger partial charge in [0, 0.05) is 29.7 Å². The Morgan fingerprint density at radius 2 is 2.05 bits per heavy atom. The molecular weight excluding hydrogens is 256 g/mol. The van der Waals surface area contributed by atoms with Crippen LogP contribution in [-0.2, 0) is 12.8 Å². The highest BCUT2D eigenvalue weighted by Gasteiger charge is 2.34. The number of nitrogens with zero attached hydrogens (tertiary/aromatic N) is 1. The van der Waals surface area contributed by atoms with Crippen LogP contribution in [0.2, 0.25) is 0 Å². The number of aromatic nitrogens is 1. The van der Waals surface area contributed by atoms with Crippen LogP contribution in [0.3, 0.4) is 0 Å². The average Bonchev–Trinajstić information content (AvgIpc) is 2.90. The fraction of sp³-hybridized carbons (Fsp3) is 0.579. The Labute approximate surface area is 127 Å². The summed E-state index contributed by atoms with van der Waals surface area (Å²) in [5.74, 6) is 0. The molecular formula is C19H26N2. The molecule has 0 aliphatic carbocycles. The lowest BCUT2D eigenvalue weighted by Gasteiger charge is -2.42. The third kappa shape index (κ3) is 2.30. The summed E-state index contributed by atoms with van der Waals surface area (Å²) < 4.78 is 0. The third-order valence-corrected chi connectivity index (χ3v) is 5.98. The van der Waals surface area contributed by atoms with Crippen molar-refractivity contribution in [3.8, 4) is 0 Å². The van der Waals surface area contributed by atoms with Gasteiger partial charge in [0.05, 0.1) is 0 Å². The molecule has 3 heterocycles. The van der Waals surface area contributed by atoms with Crippen molar-refractivity contribution < 1.29 is 0 Å². The largest absolute Gasteiger partial charge is 0.358 e. The van der Waals surface area contributed by atoms with E-state index in [9.17, 15) is 0 Å². The number of para-hydroxylation sites is 1. The molecule has 0 spiro atoms. The molecule has 2 aliphatic heterocycles. The van der Waals surface area contributed by atoms with Gasteiger partial charge >= 0.3 is 0 Å². The summed E-state index contributed by atoms with van der Waals surface area (Å²) in [7, 11) is 0. The van der Waals surface area contributed by atoms with E-state index in [1.54, 1.807) is 5.56 Å². The van der Waals surface area contributed by atoms with Crippen LogP contribution in [0.15, 0.2) is 24.3 Å². The zero-order chi connectivity index (χ0) is 14.3. The number of hydrogen-bond acceptors (Lipinski definition) is 1. The average molecular weight is 282 g/mol. The van der Waals surface area contributed by atoms with Crippen LogP contribution in [0, 0.1) is 5.41 Å². The number of H-pyrrole nitrogens is 1. The summed E-state index contributed by atoms with van der Waals surface area (Å²) in [4.78, 5) is 6.44. The van der Waals surface area contributed by atoms with Crippen LogP contribution in [0.25, 0.3) is 10.9 Å². The predicted molar refractivity (Wildman–Crippen MR) is 88.7 cm³/mol. The standard InChI is InChI=1S/C19H26N2/c1-2-19-10-5-12-21(14-19)13-9-16-15-6-3-4-7-17(15)20-18(16)8-11-19/h3-4,6-7,20H,2,5,8-14H2,1H3/t19-/m1/s1. The first-order valence-corrected chi connectivity index (χ1v) is 8.60. The molecule has 2 nitrogen and oxygen atoms in total. The maximum Gasteiger partial charge on any atom is 0.0458 e. The van der Waals surface area contributed by atoms with Crippen LogP contribution in [0.4, 0.5) is 0 Å². The first-order valence-electron chi connectivity index (χ1n) is 8.60. The summed E-state index contributed by atoms with van der Waals surface area (Å²) in [6.45, 7) is 6.26. The van der Waals surface area contributed by atoms with Gasteiger partial charge in [0.1, 0.15) is 0 Å². The molecule has 1 unspecified atom stereocenters. The minimum Gasteiger partial charge on any atom is -0.358 e. The maximum atomic E-state index is 3.71.